The molecule has 234 valence electrons. The van der Waals surface area contributed by atoms with Crippen LogP contribution in [0.25, 0.3) is 0 Å². The standard InChI is InChI=1S/C30H33F7N4O2/c1-18-11-22(31)3-5-25(18)26-15-23(39-9-10-40-24(17-39)4-6-27(40)42)7-8-41(26)28(43)38(2)16-19-12-20(29(32,33)34)14-21(13-19)30(35,36)37/h3,5,11-14,23-24,26H,4,6-10,15-17H2,1-2H3/t23-,24+,26+/m0/s1. The molecule has 13 heteroatoms. The molecule has 0 aromatic heterocycles. The van der Waals surface area contributed by atoms with Crippen LogP contribution >= 0.6 is 0 Å². The number of hydrogen-bond acceptors (Lipinski definition) is 3. The van der Waals surface area contributed by atoms with Crippen LogP contribution in [0.3, 0.4) is 0 Å². The molecular formula is C30H33F7N4O2. The molecule has 6 nitrogen and oxygen atoms in total. The number of hydrogen-bond donors (Lipinski definition) is 0. The number of piperazine rings is 1. The highest BCUT2D eigenvalue weighted by Gasteiger charge is 2.42. The number of aryl methyl sites for hydroxylation is 1. The zero-order chi connectivity index (χ0) is 31.3. The summed E-state index contributed by atoms with van der Waals surface area (Å²) in [5.74, 6) is -0.272. The molecule has 0 unspecified atom stereocenters. The first-order valence-electron chi connectivity index (χ1n) is 14.2. The first-order chi connectivity index (χ1) is 20.1. The van der Waals surface area contributed by atoms with Gasteiger partial charge in [0.2, 0.25) is 5.91 Å². The van der Waals surface area contributed by atoms with Gasteiger partial charge in [0.05, 0.1) is 17.2 Å². The third-order valence-electron chi connectivity index (χ3n) is 8.85. The maximum Gasteiger partial charge on any atom is 0.416 e. The summed E-state index contributed by atoms with van der Waals surface area (Å²) in [6, 6.07) is 4.78. The van der Waals surface area contributed by atoms with Crippen LogP contribution in [0.4, 0.5) is 35.5 Å². The Morgan fingerprint density at radius 1 is 0.930 bits per heavy atom. The van der Waals surface area contributed by atoms with Crippen LogP contribution in [0.5, 0.6) is 0 Å². The van der Waals surface area contributed by atoms with Crippen LogP contribution in [0.2, 0.25) is 0 Å². The molecule has 3 aliphatic rings. The van der Waals surface area contributed by atoms with Crippen LogP contribution in [0, 0.1) is 12.7 Å². The normalized spacial score (nSPS) is 23.5. The maximum absolute atomic E-state index is 14.0. The summed E-state index contributed by atoms with van der Waals surface area (Å²) in [4.78, 5) is 32.9. The topological polar surface area (TPSA) is 47.1 Å². The Bertz CT molecular complexity index is 1350. The van der Waals surface area contributed by atoms with Crippen molar-refractivity contribution in [1.29, 1.82) is 0 Å². The number of alkyl halides is 6. The van der Waals surface area contributed by atoms with Gasteiger partial charge in [-0.15, -0.1) is 0 Å². The zero-order valence-electron chi connectivity index (χ0n) is 23.8. The molecule has 3 aliphatic heterocycles. The largest absolute Gasteiger partial charge is 0.416 e. The van der Waals surface area contributed by atoms with Gasteiger partial charge in [-0.25, -0.2) is 9.18 Å². The molecule has 3 fully saturated rings. The minimum Gasteiger partial charge on any atom is -0.337 e. The fraction of sp³-hybridized carbons (Fsp3) is 0.533. The number of fused-ring (bicyclic) bond motifs is 1. The highest BCUT2D eigenvalue weighted by Crippen LogP contribution is 2.39. The summed E-state index contributed by atoms with van der Waals surface area (Å²) >= 11 is 0. The number of carbonyl (C=O) groups is 2. The van der Waals surface area contributed by atoms with E-state index in [1.807, 2.05) is 4.90 Å². The third-order valence-corrected chi connectivity index (χ3v) is 8.85. The van der Waals surface area contributed by atoms with E-state index in [1.165, 1.54) is 19.2 Å². The molecular weight excluding hydrogens is 581 g/mol. The number of amides is 3. The van der Waals surface area contributed by atoms with Crippen LogP contribution in [0.1, 0.15) is 59.5 Å². The third kappa shape index (κ3) is 6.61. The summed E-state index contributed by atoms with van der Waals surface area (Å²) in [5.41, 5.74) is -1.83. The van der Waals surface area contributed by atoms with Crippen molar-refractivity contribution in [3.05, 3.63) is 70.0 Å². The predicted octanol–water partition coefficient (Wildman–Crippen LogP) is 6.24. The Labute approximate surface area is 245 Å². The summed E-state index contributed by atoms with van der Waals surface area (Å²) in [7, 11) is 1.34. The second-order valence-corrected chi connectivity index (χ2v) is 11.7. The number of rotatable bonds is 4. The van der Waals surface area contributed by atoms with Gasteiger partial charge in [0.1, 0.15) is 5.82 Å². The Kier molecular flexibility index (Phi) is 8.40. The highest BCUT2D eigenvalue weighted by atomic mass is 19.4. The molecule has 3 heterocycles. The Hall–Kier alpha value is -3.35. The SMILES string of the molecule is Cc1cc(F)ccc1[C@H]1C[C@@H](N2CCN3C(=O)CC[C@@H]3C2)CCN1C(=O)N(C)Cc1cc(C(F)(F)F)cc(C(F)(F)F)c1. The van der Waals surface area contributed by atoms with E-state index in [0.717, 1.165) is 23.4 Å². The van der Waals surface area contributed by atoms with E-state index in [2.05, 4.69) is 4.90 Å². The van der Waals surface area contributed by atoms with E-state index < -0.39 is 47.9 Å². The first kappa shape index (κ1) is 31.1. The van der Waals surface area contributed by atoms with Gasteiger partial charge in [0, 0.05) is 58.3 Å². The minimum absolute atomic E-state index is 0.0603. The van der Waals surface area contributed by atoms with Crippen LogP contribution in [-0.4, -0.2) is 76.8 Å². The van der Waals surface area contributed by atoms with E-state index in [4.69, 9.17) is 0 Å². The van der Waals surface area contributed by atoms with Gasteiger partial charge in [0.15, 0.2) is 0 Å². The molecule has 3 saturated heterocycles. The quantitative estimate of drug-likeness (QED) is 0.384. The molecule has 0 N–H and O–H groups in total. The lowest BCUT2D eigenvalue weighted by atomic mass is 9.88. The maximum atomic E-state index is 14.0. The second-order valence-electron chi connectivity index (χ2n) is 11.7. The van der Waals surface area contributed by atoms with Crippen molar-refractivity contribution in [2.45, 2.75) is 69.6 Å². The monoisotopic (exact) mass is 614 g/mol. The fourth-order valence-electron chi connectivity index (χ4n) is 6.71. The van der Waals surface area contributed by atoms with E-state index in [-0.39, 0.29) is 36.2 Å². The zero-order valence-corrected chi connectivity index (χ0v) is 23.8. The smallest absolute Gasteiger partial charge is 0.337 e. The Morgan fingerprint density at radius 3 is 2.23 bits per heavy atom. The average molecular weight is 615 g/mol. The van der Waals surface area contributed by atoms with E-state index in [1.54, 1.807) is 17.9 Å². The molecule has 2 aromatic rings. The Balaban J connectivity index is 1.38. The molecule has 5 rings (SSSR count). The molecule has 2 aromatic carbocycles. The predicted molar refractivity (Wildman–Crippen MR) is 143 cm³/mol. The van der Waals surface area contributed by atoms with Crippen molar-refractivity contribution in [3.8, 4) is 0 Å². The Morgan fingerprint density at radius 2 is 1.60 bits per heavy atom. The van der Waals surface area contributed by atoms with Crippen LogP contribution in [-0.2, 0) is 23.7 Å². The number of urea groups is 1. The van der Waals surface area contributed by atoms with E-state index in [0.29, 0.717) is 50.0 Å². The van der Waals surface area contributed by atoms with Crippen molar-refractivity contribution in [2.75, 3.05) is 33.2 Å². The van der Waals surface area contributed by atoms with Crippen LogP contribution < -0.4 is 0 Å². The lowest BCUT2D eigenvalue weighted by Crippen LogP contribution is -2.57. The second kappa shape index (κ2) is 11.6. The number of halogens is 7. The van der Waals surface area contributed by atoms with Crippen molar-refractivity contribution < 1.29 is 40.3 Å². The van der Waals surface area contributed by atoms with Gasteiger partial charge in [-0.2, -0.15) is 26.3 Å². The molecule has 0 aliphatic carbocycles. The summed E-state index contributed by atoms with van der Waals surface area (Å²) < 4.78 is 94.4. The van der Waals surface area contributed by atoms with Crippen molar-refractivity contribution in [3.63, 3.8) is 0 Å². The van der Waals surface area contributed by atoms with Crippen molar-refractivity contribution >= 4 is 11.9 Å². The lowest BCUT2D eigenvalue weighted by molar-refractivity contribution is -0.143. The van der Waals surface area contributed by atoms with Gasteiger partial charge in [-0.3, -0.25) is 9.69 Å². The van der Waals surface area contributed by atoms with Gasteiger partial charge in [-0.05, 0) is 73.2 Å². The molecule has 0 radical (unpaired) electrons. The summed E-state index contributed by atoms with van der Waals surface area (Å²) in [6.07, 6.45) is -7.56. The van der Waals surface area contributed by atoms with Gasteiger partial charge in [-0.1, -0.05) is 6.07 Å². The lowest BCUT2D eigenvalue weighted by Gasteiger charge is -2.48. The number of likely N-dealkylation sites (tertiary alicyclic amines) is 1. The summed E-state index contributed by atoms with van der Waals surface area (Å²) in [6.45, 7) is 3.58. The van der Waals surface area contributed by atoms with E-state index in [9.17, 15) is 40.3 Å². The average Bonchev–Trinajstić information content (AvgIpc) is 3.31. The van der Waals surface area contributed by atoms with Crippen molar-refractivity contribution in [2.24, 2.45) is 0 Å². The van der Waals surface area contributed by atoms with Gasteiger partial charge < -0.3 is 14.7 Å². The fourth-order valence-corrected chi connectivity index (χ4v) is 6.71. The highest BCUT2D eigenvalue weighted by molar-refractivity contribution is 5.79. The van der Waals surface area contributed by atoms with Crippen molar-refractivity contribution in [1.82, 2.24) is 19.6 Å². The molecule has 43 heavy (non-hydrogen) atoms. The molecule has 3 atom stereocenters. The van der Waals surface area contributed by atoms with Gasteiger partial charge in [0.25, 0.3) is 0 Å². The van der Waals surface area contributed by atoms with Gasteiger partial charge >= 0.3 is 18.4 Å². The minimum atomic E-state index is -5.00. The van der Waals surface area contributed by atoms with Crippen LogP contribution in [0.15, 0.2) is 36.4 Å². The molecule has 3 amide bonds. The number of benzene rings is 2. The van der Waals surface area contributed by atoms with E-state index >= 15 is 0 Å². The molecule has 0 spiro atoms. The number of piperidine rings is 1. The number of carbonyl (C=O) groups excluding carboxylic acids is 2. The first-order valence-corrected chi connectivity index (χ1v) is 14.2. The number of nitrogens with zero attached hydrogens (tertiary/aromatic N) is 4. The molecule has 0 bridgehead atoms. The molecule has 0 saturated carbocycles. The summed E-state index contributed by atoms with van der Waals surface area (Å²) in [5, 5.41) is 0.